The molecule has 4 aromatic rings. The molecule has 1 aliphatic heterocycles. The average Bonchev–Trinajstić information content (AvgIpc) is 3.22. The Labute approximate surface area is 179 Å². The van der Waals surface area contributed by atoms with Crippen LogP contribution < -0.4 is 10.6 Å². The van der Waals surface area contributed by atoms with Crippen LogP contribution in [0.4, 0.5) is 10.8 Å². The minimum Gasteiger partial charge on any atom is -0.378 e. The van der Waals surface area contributed by atoms with Gasteiger partial charge < -0.3 is 15.4 Å². The van der Waals surface area contributed by atoms with E-state index in [0.717, 1.165) is 59.4 Å². The topological polar surface area (TPSA) is 77.2 Å². The van der Waals surface area contributed by atoms with Gasteiger partial charge in [0, 0.05) is 42.3 Å². The molecular formula is C23H21N5OS. The number of nitrogens with zero attached hydrogens (tertiary/aromatic N) is 4. The number of aromatic nitrogens is 3. The van der Waals surface area contributed by atoms with Crippen LogP contribution in [0.15, 0.2) is 67.0 Å². The molecule has 1 aromatic carbocycles. The third-order valence-electron chi connectivity index (χ3n) is 5.11. The van der Waals surface area contributed by atoms with Crippen LogP contribution in [0.25, 0.3) is 33.1 Å². The van der Waals surface area contributed by atoms with E-state index in [1.807, 2.05) is 30.5 Å². The van der Waals surface area contributed by atoms with Crippen molar-refractivity contribution in [2.75, 3.05) is 36.9 Å². The lowest BCUT2D eigenvalue weighted by Gasteiger charge is -2.28. The SMILES string of the molecule is Nc1nc(-c2ccnc(-c3ccc(N4CCOCC4)cc3)c2)c(-c2ccccn2)s1. The highest BCUT2D eigenvalue weighted by Gasteiger charge is 2.16. The molecule has 0 spiro atoms. The molecule has 5 rings (SSSR count). The summed E-state index contributed by atoms with van der Waals surface area (Å²) in [5.74, 6) is 0. The minimum absolute atomic E-state index is 0.527. The van der Waals surface area contributed by atoms with Crippen molar-refractivity contribution in [3.05, 3.63) is 67.0 Å². The van der Waals surface area contributed by atoms with Crippen molar-refractivity contribution < 1.29 is 4.74 Å². The summed E-state index contributed by atoms with van der Waals surface area (Å²) in [6.07, 6.45) is 3.60. The number of nitrogens with two attached hydrogens (primary N) is 1. The fourth-order valence-electron chi connectivity index (χ4n) is 3.60. The number of rotatable bonds is 4. The maximum Gasteiger partial charge on any atom is 0.181 e. The van der Waals surface area contributed by atoms with E-state index in [9.17, 15) is 0 Å². The molecule has 0 amide bonds. The first kappa shape index (κ1) is 18.7. The van der Waals surface area contributed by atoms with E-state index >= 15 is 0 Å². The Balaban J connectivity index is 1.47. The second kappa shape index (κ2) is 8.22. The Morgan fingerprint density at radius 3 is 2.43 bits per heavy atom. The number of anilines is 2. The Bertz CT molecular complexity index is 1140. The van der Waals surface area contributed by atoms with E-state index in [1.165, 1.54) is 17.0 Å². The quantitative estimate of drug-likeness (QED) is 0.534. The van der Waals surface area contributed by atoms with Crippen LogP contribution in [0.2, 0.25) is 0 Å². The van der Waals surface area contributed by atoms with Crippen molar-refractivity contribution in [1.82, 2.24) is 15.0 Å². The highest BCUT2D eigenvalue weighted by atomic mass is 32.1. The highest BCUT2D eigenvalue weighted by Crippen LogP contribution is 2.37. The average molecular weight is 416 g/mol. The lowest BCUT2D eigenvalue weighted by molar-refractivity contribution is 0.122. The van der Waals surface area contributed by atoms with Crippen molar-refractivity contribution in [1.29, 1.82) is 0 Å². The first-order chi connectivity index (χ1) is 14.8. The Morgan fingerprint density at radius 2 is 1.67 bits per heavy atom. The fourth-order valence-corrected chi connectivity index (χ4v) is 4.43. The number of hydrogen-bond acceptors (Lipinski definition) is 7. The molecular weight excluding hydrogens is 394 g/mol. The van der Waals surface area contributed by atoms with E-state index < -0.39 is 0 Å². The normalized spacial score (nSPS) is 14.1. The summed E-state index contributed by atoms with van der Waals surface area (Å²) in [4.78, 5) is 16.9. The summed E-state index contributed by atoms with van der Waals surface area (Å²) in [5.41, 5.74) is 11.9. The summed E-state index contributed by atoms with van der Waals surface area (Å²) in [7, 11) is 0. The molecule has 0 unspecified atom stereocenters. The summed E-state index contributed by atoms with van der Waals surface area (Å²) in [6, 6.07) is 18.4. The van der Waals surface area contributed by atoms with Gasteiger partial charge in [-0.25, -0.2) is 4.98 Å². The molecule has 6 nitrogen and oxygen atoms in total. The molecule has 1 fully saturated rings. The van der Waals surface area contributed by atoms with Gasteiger partial charge in [0.25, 0.3) is 0 Å². The number of thiazole rings is 1. The van der Waals surface area contributed by atoms with Gasteiger partial charge in [-0.2, -0.15) is 0 Å². The Hall–Kier alpha value is -3.29. The molecule has 7 heteroatoms. The lowest BCUT2D eigenvalue weighted by atomic mass is 10.1. The van der Waals surface area contributed by atoms with Crippen molar-refractivity contribution >= 4 is 22.2 Å². The number of pyridine rings is 2. The van der Waals surface area contributed by atoms with Crippen LogP contribution >= 0.6 is 11.3 Å². The zero-order chi connectivity index (χ0) is 20.3. The van der Waals surface area contributed by atoms with E-state index in [2.05, 4.69) is 50.2 Å². The predicted octanol–water partition coefficient (Wildman–Crippen LogP) is 4.35. The zero-order valence-corrected chi connectivity index (χ0v) is 17.2. The first-order valence-corrected chi connectivity index (χ1v) is 10.7. The van der Waals surface area contributed by atoms with Crippen LogP contribution in [0.1, 0.15) is 0 Å². The van der Waals surface area contributed by atoms with Gasteiger partial charge in [-0.15, -0.1) is 0 Å². The molecule has 0 aliphatic carbocycles. The maximum absolute atomic E-state index is 6.04. The molecule has 0 saturated carbocycles. The number of hydrogen-bond donors (Lipinski definition) is 1. The third-order valence-corrected chi connectivity index (χ3v) is 6.02. The zero-order valence-electron chi connectivity index (χ0n) is 16.4. The predicted molar refractivity (Wildman–Crippen MR) is 121 cm³/mol. The van der Waals surface area contributed by atoms with Crippen molar-refractivity contribution in [2.45, 2.75) is 0 Å². The van der Waals surface area contributed by atoms with Gasteiger partial charge in [0.05, 0.1) is 35.2 Å². The van der Waals surface area contributed by atoms with Gasteiger partial charge in [-0.1, -0.05) is 29.5 Å². The summed E-state index contributed by atoms with van der Waals surface area (Å²) in [6.45, 7) is 3.41. The molecule has 150 valence electrons. The van der Waals surface area contributed by atoms with Crippen LogP contribution in [0, 0.1) is 0 Å². The van der Waals surface area contributed by atoms with Crippen LogP contribution in [0.3, 0.4) is 0 Å². The molecule has 1 saturated heterocycles. The van der Waals surface area contributed by atoms with Gasteiger partial charge in [-0.3, -0.25) is 9.97 Å². The molecule has 1 aliphatic rings. The van der Waals surface area contributed by atoms with E-state index in [-0.39, 0.29) is 0 Å². The largest absolute Gasteiger partial charge is 0.378 e. The van der Waals surface area contributed by atoms with Crippen LogP contribution in [-0.4, -0.2) is 41.3 Å². The molecule has 2 N–H and O–H groups in total. The van der Waals surface area contributed by atoms with Gasteiger partial charge in [0.15, 0.2) is 5.13 Å². The summed E-state index contributed by atoms with van der Waals surface area (Å²) >= 11 is 1.45. The van der Waals surface area contributed by atoms with E-state index in [0.29, 0.717) is 5.13 Å². The minimum atomic E-state index is 0.527. The number of ether oxygens (including phenoxy) is 1. The molecule has 0 radical (unpaired) electrons. The monoisotopic (exact) mass is 415 g/mol. The van der Waals surface area contributed by atoms with Crippen molar-refractivity contribution in [3.63, 3.8) is 0 Å². The lowest BCUT2D eigenvalue weighted by Crippen LogP contribution is -2.36. The van der Waals surface area contributed by atoms with Gasteiger partial charge in [-0.05, 0) is 36.4 Å². The second-order valence-electron chi connectivity index (χ2n) is 7.02. The van der Waals surface area contributed by atoms with Gasteiger partial charge >= 0.3 is 0 Å². The molecule has 0 bridgehead atoms. The summed E-state index contributed by atoms with van der Waals surface area (Å²) in [5, 5.41) is 0.527. The Kier molecular flexibility index (Phi) is 5.13. The van der Waals surface area contributed by atoms with Crippen molar-refractivity contribution in [3.8, 4) is 33.1 Å². The first-order valence-electron chi connectivity index (χ1n) is 9.85. The van der Waals surface area contributed by atoms with Gasteiger partial charge in [0.1, 0.15) is 0 Å². The molecule has 4 heterocycles. The van der Waals surface area contributed by atoms with E-state index in [1.54, 1.807) is 6.20 Å². The van der Waals surface area contributed by atoms with E-state index in [4.69, 9.17) is 10.5 Å². The second-order valence-corrected chi connectivity index (χ2v) is 8.05. The highest BCUT2D eigenvalue weighted by molar-refractivity contribution is 7.19. The maximum atomic E-state index is 6.04. The number of benzene rings is 1. The standard InChI is InChI=1S/C23H21N5OS/c24-23-27-21(22(30-23)19-3-1-2-9-25-19)17-8-10-26-20(15-17)16-4-6-18(7-5-16)28-11-13-29-14-12-28/h1-10,15H,11-14H2,(H2,24,27). The van der Waals surface area contributed by atoms with Gasteiger partial charge in [0.2, 0.25) is 0 Å². The number of morpholine rings is 1. The molecule has 3 aromatic heterocycles. The number of nitrogen functional groups attached to an aromatic ring is 1. The third kappa shape index (κ3) is 3.77. The van der Waals surface area contributed by atoms with Crippen LogP contribution in [-0.2, 0) is 4.74 Å². The smallest absolute Gasteiger partial charge is 0.181 e. The van der Waals surface area contributed by atoms with Crippen molar-refractivity contribution in [2.24, 2.45) is 0 Å². The molecule has 0 atom stereocenters. The van der Waals surface area contributed by atoms with Crippen LogP contribution in [0.5, 0.6) is 0 Å². The fraction of sp³-hybridized carbons (Fsp3) is 0.174. The Morgan fingerprint density at radius 1 is 0.867 bits per heavy atom. The summed E-state index contributed by atoms with van der Waals surface area (Å²) < 4.78 is 5.44. The molecule has 30 heavy (non-hydrogen) atoms.